The van der Waals surface area contributed by atoms with Crippen LogP contribution in [0.25, 0.3) is 11.5 Å². The standard InChI is InChI=1S/C10H11N5O3/c1-5-2-6(11)3-12-8(5)9-14-7(18-15-9)4-13-10(16)17/h2-3,13H,4,11H2,1H3,(H,16,17). The molecule has 0 fully saturated rings. The van der Waals surface area contributed by atoms with Crippen LogP contribution in [-0.4, -0.2) is 26.3 Å². The first-order valence-electron chi connectivity index (χ1n) is 5.08. The van der Waals surface area contributed by atoms with Gasteiger partial charge in [0, 0.05) is 0 Å². The summed E-state index contributed by atoms with van der Waals surface area (Å²) in [5, 5.41) is 14.3. The van der Waals surface area contributed by atoms with E-state index in [0.29, 0.717) is 17.2 Å². The number of aromatic nitrogens is 3. The number of nitrogens with zero attached hydrogens (tertiary/aromatic N) is 3. The molecule has 0 aliphatic heterocycles. The number of aryl methyl sites for hydroxylation is 1. The number of nitrogens with two attached hydrogens (primary N) is 1. The molecule has 0 radical (unpaired) electrons. The first-order chi connectivity index (χ1) is 8.56. The van der Waals surface area contributed by atoms with Crippen molar-refractivity contribution in [3.8, 4) is 11.5 Å². The van der Waals surface area contributed by atoms with Crippen LogP contribution < -0.4 is 11.1 Å². The minimum Gasteiger partial charge on any atom is -0.465 e. The summed E-state index contributed by atoms with van der Waals surface area (Å²) in [5.41, 5.74) is 7.50. The van der Waals surface area contributed by atoms with Gasteiger partial charge in [-0.1, -0.05) is 5.16 Å². The number of hydrogen-bond donors (Lipinski definition) is 3. The molecule has 2 aromatic rings. The first-order valence-corrected chi connectivity index (χ1v) is 5.08. The number of rotatable bonds is 3. The third-order valence-electron chi connectivity index (χ3n) is 2.17. The van der Waals surface area contributed by atoms with E-state index in [1.807, 2.05) is 6.92 Å². The molecule has 0 aliphatic rings. The summed E-state index contributed by atoms with van der Waals surface area (Å²) in [4.78, 5) is 18.5. The molecule has 0 aromatic carbocycles. The maximum Gasteiger partial charge on any atom is 0.405 e. The quantitative estimate of drug-likeness (QED) is 0.733. The van der Waals surface area contributed by atoms with Crippen LogP contribution in [0.3, 0.4) is 0 Å². The Morgan fingerprint density at radius 2 is 2.39 bits per heavy atom. The normalized spacial score (nSPS) is 10.3. The second kappa shape index (κ2) is 4.70. The van der Waals surface area contributed by atoms with Gasteiger partial charge in [-0.05, 0) is 18.6 Å². The summed E-state index contributed by atoms with van der Waals surface area (Å²) in [6.45, 7) is 1.78. The Morgan fingerprint density at radius 1 is 1.61 bits per heavy atom. The van der Waals surface area contributed by atoms with E-state index in [0.717, 1.165) is 5.56 Å². The highest BCUT2D eigenvalue weighted by Gasteiger charge is 2.12. The van der Waals surface area contributed by atoms with E-state index in [-0.39, 0.29) is 12.4 Å². The predicted octanol–water partition coefficient (Wildman–Crippen LogP) is 0.790. The Kier molecular flexibility index (Phi) is 3.09. The van der Waals surface area contributed by atoms with Crippen molar-refractivity contribution in [2.75, 3.05) is 5.73 Å². The molecular weight excluding hydrogens is 238 g/mol. The molecule has 2 aromatic heterocycles. The number of amides is 1. The molecule has 2 rings (SSSR count). The lowest BCUT2D eigenvalue weighted by atomic mass is 10.2. The van der Waals surface area contributed by atoms with Gasteiger partial charge < -0.3 is 20.7 Å². The summed E-state index contributed by atoms with van der Waals surface area (Å²) < 4.78 is 4.90. The number of pyridine rings is 1. The Labute approximate surface area is 102 Å². The van der Waals surface area contributed by atoms with Gasteiger partial charge in [-0.2, -0.15) is 4.98 Å². The molecule has 0 unspecified atom stereocenters. The number of nitrogen functional groups attached to an aromatic ring is 1. The average molecular weight is 249 g/mol. The van der Waals surface area contributed by atoms with Crippen molar-refractivity contribution in [1.82, 2.24) is 20.4 Å². The van der Waals surface area contributed by atoms with Crippen molar-refractivity contribution >= 4 is 11.8 Å². The fourth-order valence-electron chi connectivity index (χ4n) is 1.40. The maximum absolute atomic E-state index is 10.3. The van der Waals surface area contributed by atoms with Gasteiger partial charge in [0.25, 0.3) is 0 Å². The Hall–Kier alpha value is -2.64. The maximum atomic E-state index is 10.3. The van der Waals surface area contributed by atoms with E-state index in [9.17, 15) is 4.79 Å². The third-order valence-corrected chi connectivity index (χ3v) is 2.17. The lowest BCUT2D eigenvalue weighted by Crippen LogP contribution is -2.20. The van der Waals surface area contributed by atoms with Crippen LogP contribution in [0.2, 0.25) is 0 Å². The number of carbonyl (C=O) groups is 1. The highest BCUT2D eigenvalue weighted by Crippen LogP contribution is 2.19. The fraction of sp³-hybridized carbons (Fsp3) is 0.200. The molecule has 1 amide bonds. The smallest absolute Gasteiger partial charge is 0.405 e. The van der Waals surface area contributed by atoms with Crippen LogP contribution in [-0.2, 0) is 6.54 Å². The van der Waals surface area contributed by atoms with E-state index < -0.39 is 6.09 Å². The molecule has 0 saturated heterocycles. The highest BCUT2D eigenvalue weighted by atomic mass is 16.5. The number of carboxylic acid groups (broad SMARTS) is 1. The molecule has 4 N–H and O–H groups in total. The number of hydrogen-bond acceptors (Lipinski definition) is 6. The molecule has 0 saturated carbocycles. The summed E-state index contributed by atoms with van der Waals surface area (Å²) in [6, 6.07) is 1.74. The summed E-state index contributed by atoms with van der Waals surface area (Å²) >= 11 is 0. The third kappa shape index (κ3) is 2.54. The van der Waals surface area contributed by atoms with Crippen molar-refractivity contribution in [2.45, 2.75) is 13.5 Å². The molecule has 0 bridgehead atoms. The van der Waals surface area contributed by atoms with Crippen molar-refractivity contribution in [3.05, 3.63) is 23.7 Å². The van der Waals surface area contributed by atoms with E-state index in [1.54, 1.807) is 6.07 Å². The predicted molar refractivity (Wildman–Crippen MR) is 61.5 cm³/mol. The van der Waals surface area contributed by atoms with Crippen LogP contribution in [0.4, 0.5) is 10.5 Å². The van der Waals surface area contributed by atoms with Crippen LogP contribution in [0.1, 0.15) is 11.5 Å². The molecule has 2 heterocycles. The summed E-state index contributed by atoms with van der Waals surface area (Å²) in [6.07, 6.45) is 0.338. The summed E-state index contributed by atoms with van der Waals surface area (Å²) in [7, 11) is 0. The molecule has 0 atom stereocenters. The van der Waals surface area contributed by atoms with Crippen molar-refractivity contribution in [1.29, 1.82) is 0 Å². The molecule has 8 heteroatoms. The fourth-order valence-corrected chi connectivity index (χ4v) is 1.40. The highest BCUT2D eigenvalue weighted by molar-refractivity contribution is 5.64. The van der Waals surface area contributed by atoms with E-state index >= 15 is 0 Å². The molecule has 18 heavy (non-hydrogen) atoms. The van der Waals surface area contributed by atoms with E-state index in [1.165, 1.54) is 6.20 Å². The van der Waals surface area contributed by atoms with Gasteiger partial charge >= 0.3 is 6.09 Å². The van der Waals surface area contributed by atoms with Gasteiger partial charge in [0.15, 0.2) is 0 Å². The number of nitrogens with one attached hydrogen (secondary N) is 1. The van der Waals surface area contributed by atoms with Gasteiger partial charge in [-0.3, -0.25) is 4.98 Å². The minimum atomic E-state index is -1.16. The van der Waals surface area contributed by atoms with Crippen molar-refractivity contribution in [2.24, 2.45) is 0 Å². The largest absolute Gasteiger partial charge is 0.465 e. The van der Waals surface area contributed by atoms with Crippen LogP contribution in [0.15, 0.2) is 16.8 Å². The molecule has 8 nitrogen and oxygen atoms in total. The van der Waals surface area contributed by atoms with Gasteiger partial charge in [0.1, 0.15) is 12.2 Å². The van der Waals surface area contributed by atoms with E-state index in [4.69, 9.17) is 15.4 Å². The molecule has 0 spiro atoms. The molecule has 94 valence electrons. The zero-order valence-corrected chi connectivity index (χ0v) is 9.54. The minimum absolute atomic E-state index is 0.0453. The van der Waals surface area contributed by atoms with Crippen LogP contribution >= 0.6 is 0 Å². The van der Waals surface area contributed by atoms with Crippen molar-refractivity contribution in [3.63, 3.8) is 0 Å². The second-order valence-corrected chi connectivity index (χ2v) is 3.60. The summed E-state index contributed by atoms with van der Waals surface area (Å²) in [5.74, 6) is 0.472. The molecule has 0 aliphatic carbocycles. The zero-order valence-electron chi connectivity index (χ0n) is 9.54. The SMILES string of the molecule is Cc1cc(N)cnc1-c1noc(CNC(=O)O)n1. The Bertz CT molecular complexity index is 581. The Balaban J connectivity index is 2.21. The second-order valence-electron chi connectivity index (χ2n) is 3.60. The zero-order chi connectivity index (χ0) is 13.1. The van der Waals surface area contributed by atoms with Gasteiger partial charge in [0.05, 0.1) is 11.9 Å². The average Bonchev–Trinajstić information content (AvgIpc) is 2.75. The van der Waals surface area contributed by atoms with Gasteiger partial charge in [-0.25, -0.2) is 4.79 Å². The van der Waals surface area contributed by atoms with Crippen LogP contribution in [0.5, 0.6) is 0 Å². The van der Waals surface area contributed by atoms with Gasteiger partial charge in [-0.15, -0.1) is 0 Å². The first kappa shape index (κ1) is 11.8. The molecular formula is C10H11N5O3. The van der Waals surface area contributed by atoms with E-state index in [2.05, 4.69) is 20.4 Å². The van der Waals surface area contributed by atoms with Crippen molar-refractivity contribution < 1.29 is 14.4 Å². The van der Waals surface area contributed by atoms with Gasteiger partial charge in [0.2, 0.25) is 11.7 Å². The number of anilines is 1. The monoisotopic (exact) mass is 249 g/mol. The topological polar surface area (TPSA) is 127 Å². The lowest BCUT2D eigenvalue weighted by molar-refractivity contribution is 0.192. The van der Waals surface area contributed by atoms with Crippen LogP contribution in [0, 0.1) is 6.92 Å². The lowest BCUT2D eigenvalue weighted by Gasteiger charge is -2.00. The Morgan fingerprint density at radius 3 is 3.06 bits per heavy atom.